The number of piperidine rings is 1. The molecule has 2 N–H and O–H groups in total. The third-order valence-corrected chi connectivity index (χ3v) is 7.56. The van der Waals surface area contributed by atoms with Crippen LogP contribution in [0.25, 0.3) is 17.3 Å². The molecule has 4 heterocycles. The summed E-state index contributed by atoms with van der Waals surface area (Å²) in [5.41, 5.74) is 3.51. The number of ether oxygens (including phenoxy) is 2. The largest absolute Gasteiger partial charge is 0.497 e. The van der Waals surface area contributed by atoms with E-state index in [0.29, 0.717) is 22.5 Å². The Labute approximate surface area is 231 Å². The number of carbonyl (C=O) groups excluding carboxylic acids is 2. The molecule has 0 saturated carbocycles. The Morgan fingerprint density at radius 3 is 2.64 bits per heavy atom. The molecule has 2 aliphatic rings. The van der Waals surface area contributed by atoms with Crippen molar-refractivity contribution in [3.05, 3.63) is 65.0 Å². The van der Waals surface area contributed by atoms with Crippen LogP contribution >= 0.6 is 11.8 Å². The first-order valence-electron chi connectivity index (χ1n) is 12.7. The van der Waals surface area contributed by atoms with Crippen LogP contribution in [0.2, 0.25) is 0 Å². The van der Waals surface area contributed by atoms with E-state index in [0.717, 1.165) is 79.1 Å². The highest BCUT2D eigenvalue weighted by Gasteiger charge is 2.26. The minimum atomic E-state index is -0.386. The van der Waals surface area contributed by atoms with Gasteiger partial charge in [-0.1, -0.05) is 6.07 Å². The van der Waals surface area contributed by atoms with Gasteiger partial charge < -0.3 is 19.7 Å². The van der Waals surface area contributed by atoms with E-state index in [1.165, 1.54) is 0 Å². The van der Waals surface area contributed by atoms with Crippen LogP contribution in [-0.2, 0) is 11.3 Å². The van der Waals surface area contributed by atoms with Crippen molar-refractivity contribution in [2.75, 3.05) is 38.8 Å². The minimum Gasteiger partial charge on any atom is -0.497 e. The number of amides is 2. The maximum Gasteiger partial charge on any atom is 0.290 e. The topological polar surface area (TPSA) is 119 Å². The summed E-state index contributed by atoms with van der Waals surface area (Å²) < 4.78 is 10.8. The van der Waals surface area contributed by atoms with Crippen LogP contribution in [0.3, 0.4) is 0 Å². The van der Waals surface area contributed by atoms with E-state index in [4.69, 9.17) is 9.47 Å². The van der Waals surface area contributed by atoms with Crippen molar-refractivity contribution in [3.8, 4) is 22.8 Å². The van der Waals surface area contributed by atoms with E-state index in [9.17, 15) is 9.59 Å². The second kappa shape index (κ2) is 12.3. The standard InChI is InChI=1S/C28H30N6O4S/c1-37-21-4-5-22(24(14-21)38-2)23-6-3-19(17-31-23)16-29-15-18-8-11-34(12-9-18)27-30-10-7-20(32-27)13-25-26(35)33-28(36)39-25/h3-7,10,13-14,17-18,29H,8-9,11-12,15-16H2,1-2H3,(H,33,35,36)/b25-13+. The average Bonchev–Trinajstić information content (AvgIpc) is 3.29. The maximum absolute atomic E-state index is 11.8. The molecule has 2 aliphatic heterocycles. The summed E-state index contributed by atoms with van der Waals surface area (Å²) in [6, 6.07) is 11.6. The zero-order valence-electron chi connectivity index (χ0n) is 21.8. The Balaban J connectivity index is 1.10. The van der Waals surface area contributed by atoms with Crippen LogP contribution in [0, 0.1) is 5.92 Å². The molecule has 0 unspecified atom stereocenters. The molecule has 5 rings (SSSR count). The number of hydrogen-bond acceptors (Lipinski definition) is 10. The second-order valence-electron chi connectivity index (χ2n) is 9.31. The van der Waals surface area contributed by atoms with Crippen LogP contribution in [0.4, 0.5) is 10.7 Å². The van der Waals surface area contributed by atoms with Crippen molar-refractivity contribution in [2.45, 2.75) is 19.4 Å². The summed E-state index contributed by atoms with van der Waals surface area (Å²) in [5.74, 6) is 2.29. The van der Waals surface area contributed by atoms with Crippen molar-refractivity contribution in [2.24, 2.45) is 5.92 Å². The predicted octanol–water partition coefficient (Wildman–Crippen LogP) is 3.89. The number of methoxy groups -OCH3 is 2. The molecule has 3 aromatic rings. The van der Waals surface area contributed by atoms with E-state index in [1.54, 1.807) is 32.6 Å². The van der Waals surface area contributed by atoms with Gasteiger partial charge in [0.05, 0.1) is 30.5 Å². The van der Waals surface area contributed by atoms with E-state index < -0.39 is 0 Å². The lowest BCUT2D eigenvalue weighted by atomic mass is 9.97. The number of imide groups is 1. The van der Waals surface area contributed by atoms with Crippen LogP contribution < -0.4 is 25.0 Å². The van der Waals surface area contributed by atoms with Crippen LogP contribution in [0.15, 0.2) is 53.7 Å². The highest BCUT2D eigenvalue weighted by atomic mass is 32.2. The van der Waals surface area contributed by atoms with Gasteiger partial charge in [0.15, 0.2) is 0 Å². The molecule has 0 aliphatic carbocycles. The van der Waals surface area contributed by atoms with Crippen molar-refractivity contribution >= 4 is 34.9 Å². The lowest BCUT2D eigenvalue weighted by Gasteiger charge is -2.32. The number of thioether (sulfide) groups is 1. The first-order valence-corrected chi connectivity index (χ1v) is 13.5. The molecule has 0 bridgehead atoms. The first kappa shape index (κ1) is 26.6. The van der Waals surface area contributed by atoms with E-state index in [1.807, 2.05) is 30.5 Å². The average molecular weight is 547 g/mol. The quantitative estimate of drug-likeness (QED) is 0.383. The first-order chi connectivity index (χ1) is 19.0. The molecule has 0 atom stereocenters. The number of nitrogens with one attached hydrogen (secondary N) is 2. The molecule has 10 nitrogen and oxygen atoms in total. The Hall–Kier alpha value is -3.96. The number of rotatable bonds is 9. The number of aromatic nitrogens is 3. The predicted molar refractivity (Wildman–Crippen MR) is 151 cm³/mol. The summed E-state index contributed by atoms with van der Waals surface area (Å²) >= 11 is 0.886. The van der Waals surface area contributed by atoms with Crippen molar-refractivity contribution in [1.82, 2.24) is 25.6 Å². The Morgan fingerprint density at radius 2 is 1.95 bits per heavy atom. The number of anilines is 1. The van der Waals surface area contributed by atoms with Gasteiger partial charge in [-0.15, -0.1) is 0 Å². The smallest absolute Gasteiger partial charge is 0.290 e. The van der Waals surface area contributed by atoms with Gasteiger partial charge in [-0.2, -0.15) is 0 Å². The summed E-state index contributed by atoms with van der Waals surface area (Å²) in [5, 5.41) is 5.47. The van der Waals surface area contributed by atoms with Gasteiger partial charge in [0, 0.05) is 43.7 Å². The molecule has 2 fully saturated rings. The molecule has 2 aromatic heterocycles. The Morgan fingerprint density at radius 1 is 1.10 bits per heavy atom. The van der Waals surface area contributed by atoms with Crippen molar-refractivity contribution in [1.29, 1.82) is 0 Å². The third kappa shape index (κ3) is 6.55. The normalized spacial score (nSPS) is 17.0. The molecular weight excluding hydrogens is 516 g/mol. The van der Waals surface area contributed by atoms with Crippen molar-refractivity contribution < 1.29 is 19.1 Å². The molecule has 0 radical (unpaired) electrons. The van der Waals surface area contributed by atoms with Crippen LogP contribution in [-0.4, -0.2) is 60.0 Å². The highest BCUT2D eigenvalue weighted by Crippen LogP contribution is 2.32. The summed E-state index contributed by atoms with van der Waals surface area (Å²) in [4.78, 5) is 39.4. The van der Waals surface area contributed by atoms with Crippen LogP contribution in [0.1, 0.15) is 24.1 Å². The van der Waals surface area contributed by atoms with E-state index in [-0.39, 0.29) is 11.1 Å². The van der Waals surface area contributed by atoms with E-state index in [2.05, 4.69) is 36.6 Å². The van der Waals surface area contributed by atoms with Gasteiger partial charge >= 0.3 is 0 Å². The van der Waals surface area contributed by atoms with E-state index >= 15 is 0 Å². The van der Waals surface area contributed by atoms with Crippen LogP contribution in [0.5, 0.6) is 11.5 Å². The molecular formula is C28H30N6O4S. The summed E-state index contributed by atoms with van der Waals surface area (Å²) in [7, 11) is 3.28. The monoisotopic (exact) mass is 546 g/mol. The van der Waals surface area contributed by atoms with Gasteiger partial charge in [0.1, 0.15) is 11.5 Å². The summed E-state index contributed by atoms with van der Waals surface area (Å²) in [6.07, 6.45) is 7.27. The van der Waals surface area contributed by atoms with Gasteiger partial charge in [0.2, 0.25) is 5.95 Å². The number of nitrogens with zero attached hydrogens (tertiary/aromatic N) is 4. The number of hydrogen-bond donors (Lipinski definition) is 2. The zero-order valence-corrected chi connectivity index (χ0v) is 22.7. The third-order valence-electron chi connectivity index (χ3n) is 6.75. The fourth-order valence-electron chi connectivity index (χ4n) is 4.61. The zero-order chi connectivity index (χ0) is 27.2. The summed E-state index contributed by atoms with van der Waals surface area (Å²) in [6.45, 7) is 3.40. The number of benzene rings is 1. The Bertz CT molecular complexity index is 1370. The fraction of sp³-hybridized carbons (Fsp3) is 0.321. The van der Waals surface area contributed by atoms with Crippen molar-refractivity contribution in [3.63, 3.8) is 0 Å². The molecule has 11 heteroatoms. The molecule has 1 aromatic carbocycles. The Kier molecular flexibility index (Phi) is 8.38. The minimum absolute atomic E-state index is 0.347. The fourth-order valence-corrected chi connectivity index (χ4v) is 5.27. The van der Waals surface area contributed by atoms with Gasteiger partial charge in [-0.3, -0.25) is 19.9 Å². The molecule has 2 saturated heterocycles. The highest BCUT2D eigenvalue weighted by molar-refractivity contribution is 8.18. The molecule has 2 amide bonds. The SMILES string of the molecule is COc1ccc(-c2ccc(CNCC3CCN(c4nccc(/C=C5/SC(=O)NC5=O)n4)CC3)cn2)c(OC)c1. The number of carbonyl (C=O) groups is 2. The van der Waals surface area contributed by atoms with Gasteiger partial charge in [-0.25, -0.2) is 9.97 Å². The van der Waals surface area contributed by atoms with Gasteiger partial charge in [-0.05, 0) is 73.0 Å². The number of pyridine rings is 1. The maximum atomic E-state index is 11.8. The molecule has 202 valence electrons. The molecule has 0 spiro atoms. The lowest BCUT2D eigenvalue weighted by molar-refractivity contribution is -0.115. The van der Waals surface area contributed by atoms with Gasteiger partial charge in [0.25, 0.3) is 11.1 Å². The lowest BCUT2D eigenvalue weighted by Crippen LogP contribution is -2.38. The second-order valence-corrected chi connectivity index (χ2v) is 10.3. The molecule has 39 heavy (non-hydrogen) atoms.